The number of halogens is 1. The average Bonchev–Trinajstić information content (AvgIpc) is 2.40. The van der Waals surface area contributed by atoms with E-state index in [1.54, 1.807) is 0 Å². The van der Waals surface area contributed by atoms with Crippen molar-refractivity contribution in [3.63, 3.8) is 0 Å². The average molecular weight is 265 g/mol. The summed E-state index contributed by atoms with van der Waals surface area (Å²) in [6.07, 6.45) is 3.72. The maximum atomic E-state index is 13.1. The van der Waals surface area contributed by atoms with E-state index in [9.17, 15) is 14.4 Å². The summed E-state index contributed by atoms with van der Waals surface area (Å²) in [5.41, 5.74) is -0.0594. The first-order valence-electron chi connectivity index (χ1n) is 5.21. The van der Waals surface area contributed by atoms with Crippen molar-refractivity contribution in [1.82, 2.24) is 4.98 Å². The van der Waals surface area contributed by atoms with Gasteiger partial charge in [0.1, 0.15) is 17.1 Å². The van der Waals surface area contributed by atoms with Crippen molar-refractivity contribution in [2.24, 2.45) is 0 Å². The summed E-state index contributed by atoms with van der Waals surface area (Å²) in [4.78, 5) is 15.2. The summed E-state index contributed by atoms with van der Waals surface area (Å²) < 4.78 is 23.7. The lowest BCUT2D eigenvalue weighted by molar-refractivity contribution is -0.906. The van der Waals surface area contributed by atoms with Crippen molar-refractivity contribution >= 4 is 5.97 Å². The minimum Gasteiger partial charge on any atom is -0.465 e. The smallest absolute Gasteiger partial charge is 0.341 e. The van der Waals surface area contributed by atoms with Crippen LogP contribution in [0.3, 0.4) is 0 Å². The van der Waals surface area contributed by atoms with E-state index in [2.05, 4.69) is 9.72 Å². The van der Waals surface area contributed by atoms with Crippen LogP contribution in [0.15, 0.2) is 36.9 Å². The van der Waals surface area contributed by atoms with Crippen molar-refractivity contribution in [3.8, 4) is 11.5 Å². The molecule has 0 saturated carbocycles. The van der Waals surface area contributed by atoms with Crippen molar-refractivity contribution in [2.45, 2.75) is 0 Å². The molecular weight excluding hydrogens is 255 g/mol. The third-order valence-electron chi connectivity index (χ3n) is 2.22. The molecule has 1 N–H and O–H groups in total. The lowest BCUT2D eigenvalue weighted by Crippen LogP contribution is -2.29. The first kappa shape index (κ1) is 12.7. The fraction of sp³-hybridized carbons (Fsp3) is 0.0833. The number of esters is 1. The summed E-state index contributed by atoms with van der Waals surface area (Å²) in [7, 11) is 1.18. The van der Waals surface area contributed by atoms with Crippen LogP contribution in [0, 0.1) is 5.82 Å². The molecule has 1 heterocycles. The Morgan fingerprint density at radius 2 is 2.26 bits per heavy atom. The number of ether oxygens (including phenoxy) is 2. The first-order chi connectivity index (χ1) is 9.10. The molecule has 0 aliphatic heterocycles. The Kier molecular flexibility index (Phi) is 3.56. The largest absolute Gasteiger partial charge is 0.465 e. The van der Waals surface area contributed by atoms with Crippen LogP contribution in [0.2, 0.25) is 0 Å². The molecule has 0 aliphatic rings. The summed E-state index contributed by atoms with van der Waals surface area (Å²) in [6.45, 7) is 0. The van der Waals surface area contributed by atoms with Crippen LogP contribution < -0.4 is 9.47 Å². The third kappa shape index (κ3) is 2.95. The fourth-order valence-electron chi connectivity index (χ4n) is 1.41. The Labute approximate surface area is 107 Å². The zero-order valence-corrected chi connectivity index (χ0v) is 9.91. The zero-order valence-electron chi connectivity index (χ0n) is 9.91. The number of benzene rings is 1. The molecule has 0 bridgehead atoms. The van der Waals surface area contributed by atoms with E-state index in [0.29, 0.717) is 4.73 Å². The Bertz CT molecular complexity index is 618. The molecule has 7 heteroatoms. The van der Waals surface area contributed by atoms with Gasteiger partial charge in [-0.2, -0.15) is 0 Å². The minimum atomic E-state index is -0.727. The topological polar surface area (TPSA) is 72.5 Å². The van der Waals surface area contributed by atoms with E-state index in [0.717, 1.165) is 18.5 Å². The van der Waals surface area contributed by atoms with E-state index in [1.165, 1.54) is 25.6 Å². The molecule has 0 fully saturated rings. The monoisotopic (exact) mass is 265 g/mol. The van der Waals surface area contributed by atoms with Crippen LogP contribution in [0.1, 0.15) is 10.4 Å². The molecule has 6 nitrogen and oxygen atoms in total. The summed E-state index contributed by atoms with van der Waals surface area (Å²) >= 11 is 0. The van der Waals surface area contributed by atoms with Gasteiger partial charge in [0.05, 0.1) is 7.11 Å². The molecule has 0 aliphatic carbocycles. The molecule has 0 atom stereocenters. The van der Waals surface area contributed by atoms with Crippen molar-refractivity contribution in [3.05, 3.63) is 48.3 Å². The van der Waals surface area contributed by atoms with Gasteiger partial charge >= 0.3 is 12.3 Å². The number of hydrogen-bond acceptors (Lipinski definition) is 5. The highest BCUT2D eigenvalue weighted by molar-refractivity contribution is 5.92. The Morgan fingerprint density at radius 3 is 2.95 bits per heavy atom. The van der Waals surface area contributed by atoms with Crippen LogP contribution >= 0.6 is 0 Å². The summed E-state index contributed by atoms with van der Waals surface area (Å²) in [6, 6.07) is 3.44. The van der Waals surface area contributed by atoms with E-state index >= 15 is 0 Å². The van der Waals surface area contributed by atoms with Crippen LogP contribution in [0.5, 0.6) is 11.5 Å². The standard InChI is InChI=1S/C12H10FN2O4/c1-18-12(16)10-4-8(13)2-3-11(10)19-9-5-14-7-15(17)6-9/h2-7,17H,1H3/q+1. The SMILES string of the molecule is COC(=O)c1cc(F)ccc1Oc1cnc[n+](O)c1. The van der Waals surface area contributed by atoms with Gasteiger partial charge in [0.2, 0.25) is 5.75 Å². The van der Waals surface area contributed by atoms with E-state index < -0.39 is 11.8 Å². The Balaban J connectivity index is 2.37. The van der Waals surface area contributed by atoms with Gasteiger partial charge in [-0.05, 0) is 23.2 Å². The lowest BCUT2D eigenvalue weighted by atomic mass is 10.2. The lowest BCUT2D eigenvalue weighted by Gasteiger charge is -2.08. The number of rotatable bonds is 3. The second-order valence-corrected chi connectivity index (χ2v) is 3.54. The first-order valence-corrected chi connectivity index (χ1v) is 5.21. The fourth-order valence-corrected chi connectivity index (χ4v) is 1.41. The van der Waals surface area contributed by atoms with E-state index in [1.807, 2.05) is 0 Å². The van der Waals surface area contributed by atoms with Crippen LogP contribution in [-0.2, 0) is 4.74 Å². The molecule has 1 aromatic heterocycles. The maximum absolute atomic E-state index is 13.1. The van der Waals surface area contributed by atoms with Crippen molar-refractivity contribution in [2.75, 3.05) is 7.11 Å². The normalized spacial score (nSPS) is 10.0. The number of carbonyl (C=O) groups is 1. The second kappa shape index (κ2) is 5.30. The second-order valence-electron chi connectivity index (χ2n) is 3.54. The van der Waals surface area contributed by atoms with Gasteiger partial charge in [-0.25, -0.2) is 9.18 Å². The number of hydrogen-bond donors (Lipinski definition) is 1. The van der Waals surface area contributed by atoms with Gasteiger partial charge < -0.3 is 14.7 Å². The third-order valence-corrected chi connectivity index (χ3v) is 2.22. The van der Waals surface area contributed by atoms with Crippen molar-refractivity contribution in [1.29, 1.82) is 0 Å². The minimum absolute atomic E-state index is 0.0594. The zero-order chi connectivity index (χ0) is 13.8. The summed E-state index contributed by atoms with van der Waals surface area (Å²) in [5.74, 6) is -1.03. The molecular formula is C12H10FN2O4+. The highest BCUT2D eigenvalue weighted by Gasteiger charge is 2.16. The molecule has 0 spiro atoms. The predicted molar refractivity (Wildman–Crippen MR) is 59.4 cm³/mol. The molecule has 1 aromatic carbocycles. The molecule has 0 radical (unpaired) electrons. The Hall–Kier alpha value is -2.70. The molecule has 0 saturated heterocycles. The molecule has 98 valence electrons. The number of methoxy groups -OCH3 is 1. The molecule has 2 aromatic rings. The molecule has 2 rings (SSSR count). The molecule has 0 unspecified atom stereocenters. The van der Waals surface area contributed by atoms with Crippen LogP contribution in [-0.4, -0.2) is 23.3 Å². The highest BCUT2D eigenvalue weighted by atomic mass is 19.1. The van der Waals surface area contributed by atoms with Gasteiger partial charge in [0, 0.05) is 0 Å². The predicted octanol–water partition coefficient (Wildman–Crippen LogP) is 1.32. The number of carbonyl (C=O) groups excluding carboxylic acids is 1. The summed E-state index contributed by atoms with van der Waals surface area (Å²) in [5, 5.41) is 9.18. The maximum Gasteiger partial charge on any atom is 0.341 e. The number of nitrogens with zero attached hydrogens (tertiary/aromatic N) is 2. The highest BCUT2D eigenvalue weighted by Crippen LogP contribution is 2.25. The van der Waals surface area contributed by atoms with Gasteiger partial charge in [0.15, 0.2) is 12.4 Å². The van der Waals surface area contributed by atoms with E-state index in [-0.39, 0.29) is 17.1 Å². The van der Waals surface area contributed by atoms with E-state index in [4.69, 9.17) is 4.74 Å². The van der Waals surface area contributed by atoms with Gasteiger partial charge in [-0.3, -0.25) is 0 Å². The van der Waals surface area contributed by atoms with Gasteiger partial charge in [-0.1, -0.05) is 4.73 Å². The van der Waals surface area contributed by atoms with Crippen molar-refractivity contribution < 1.29 is 28.6 Å². The van der Waals surface area contributed by atoms with Crippen LogP contribution in [0.25, 0.3) is 0 Å². The van der Waals surface area contributed by atoms with Gasteiger partial charge in [0.25, 0.3) is 0 Å². The molecule has 19 heavy (non-hydrogen) atoms. The Morgan fingerprint density at radius 1 is 1.47 bits per heavy atom. The molecule has 0 amide bonds. The number of aromatic nitrogens is 2. The van der Waals surface area contributed by atoms with Gasteiger partial charge in [-0.15, -0.1) is 0 Å². The quantitative estimate of drug-likeness (QED) is 0.515. The van der Waals surface area contributed by atoms with Crippen LogP contribution in [0.4, 0.5) is 4.39 Å².